The normalized spacial score (nSPS) is 19.0. The van der Waals surface area contributed by atoms with E-state index in [0.717, 1.165) is 11.1 Å². The van der Waals surface area contributed by atoms with Crippen LogP contribution < -0.4 is 5.73 Å². The van der Waals surface area contributed by atoms with Gasteiger partial charge in [0.05, 0.1) is 5.69 Å². The van der Waals surface area contributed by atoms with Crippen molar-refractivity contribution < 1.29 is 13.6 Å². The minimum Gasteiger partial charge on any atom is -0.369 e. The molecule has 0 radical (unpaired) electrons. The molecule has 0 saturated heterocycles. The summed E-state index contributed by atoms with van der Waals surface area (Å²) in [4.78, 5) is 27.2. The van der Waals surface area contributed by atoms with E-state index < -0.39 is 17.9 Å². The summed E-state index contributed by atoms with van der Waals surface area (Å²) in [7, 11) is 1.49. The molecule has 4 rings (SSSR count). The highest BCUT2D eigenvalue weighted by molar-refractivity contribution is 6.08. The van der Waals surface area contributed by atoms with E-state index in [1.165, 1.54) is 30.3 Å². The Bertz CT molecular complexity index is 1100. The summed E-state index contributed by atoms with van der Waals surface area (Å²) in [6.45, 7) is 0. The molecule has 0 aliphatic carbocycles. The van der Waals surface area contributed by atoms with Gasteiger partial charge in [0.2, 0.25) is 5.54 Å². The van der Waals surface area contributed by atoms with Gasteiger partial charge in [-0.15, -0.1) is 0 Å². The molecule has 2 N–H and O–H groups in total. The molecule has 1 aliphatic rings. The van der Waals surface area contributed by atoms with Crippen LogP contribution in [0.3, 0.4) is 0 Å². The van der Waals surface area contributed by atoms with Gasteiger partial charge >= 0.3 is 0 Å². The molecule has 1 aromatic carbocycles. The molecule has 1 unspecified atom stereocenters. The van der Waals surface area contributed by atoms with Gasteiger partial charge in [0.1, 0.15) is 0 Å². The number of hydrogen-bond acceptors (Lipinski definition) is 5. The summed E-state index contributed by atoms with van der Waals surface area (Å²) in [5.74, 6) is -0.469. The summed E-state index contributed by atoms with van der Waals surface area (Å²) >= 11 is 0. The molecule has 0 fully saturated rings. The monoisotopic (exact) mass is 393 g/mol. The zero-order valence-electron chi connectivity index (χ0n) is 15.5. The maximum atomic E-state index is 13.3. The summed E-state index contributed by atoms with van der Waals surface area (Å²) in [5.41, 5.74) is 6.28. The number of likely N-dealkylation sites (N-methyl/N-ethyl adjacent to an activating group) is 1. The molecule has 3 aromatic rings. The number of nitrogens with zero attached hydrogens (tertiary/aromatic N) is 4. The lowest BCUT2D eigenvalue weighted by Gasteiger charge is -2.26. The molecule has 6 nitrogen and oxygen atoms in total. The third-order valence-corrected chi connectivity index (χ3v) is 4.92. The number of carbonyl (C=O) groups is 1. The van der Waals surface area contributed by atoms with Gasteiger partial charge in [0.25, 0.3) is 12.3 Å². The van der Waals surface area contributed by atoms with E-state index in [-0.39, 0.29) is 17.2 Å². The summed E-state index contributed by atoms with van der Waals surface area (Å²) < 4.78 is 26.6. The quantitative estimate of drug-likeness (QED) is 0.738. The smallest absolute Gasteiger partial charge is 0.267 e. The lowest BCUT2D eigenvalue weighted by molar-refractivity contribution is -0.129. The SMILES string of the molecule is CN1C(=O)C(c2cccc(-c3cccnc3)c2)(c2cc(C(F)F)ccn2)N=C1N. The topological polar surface area (TPSA) is 84.5 Å². The Kier molecular flexibility index (Phi) is 4.54. The van der Waals surface area contributed by atoms with Gasteiger partial charge in [-0.3, -0.25) is 19.7 Å². The molecule has 29 heavy (non-hydrogen) atoms. The largest absolute Gasteiger partial charge is 0.369 e. The first-order chi connectivity index (χ1) is 13.9. The molecule has 0 bridgehead atoms. The number of hydrogen-bond donors (Lipinski definition) is 1. The number of aliphatic imine (C=N–C) groups is 1. The molecule has 1 amide bonds. The Labute approximate surface area is 165 Å². The number of carbonyl (C=O) groups excluding carboxylic acids is 1. The van der Waals surface area contributed by atoms with Gasteiger partial charge in [-0.25, -0.2) is 13.8 Å². The number of rotatable bonds is 4. The highest BCUT2D eigenvalue weighted by atomic mass is 19.3. The first kappa shape index (κ1) is 18.7. The fourth-order valence-corrected chi connectivity index (χ4v) is 3.38. The lowest BCUT2D eigenvalue weighted by Crippen LogP contribution is -2.41. The predicted octanol–water partition coefficient (Wildman–Crippen LogP) is 3.11. The van der Waals surface area contributed by atoms with E-state index in [2.05, 4.69) is 15.0 Å². The second-order valence-electron chi connectivity index (χ2n) is 6.64. The van der Waals surface area contributed by atoms with Crippen LogP contribution in [0.5, 0.6) is 0 Å². The van der Waals surface area contributed by atoms with Crippen molar-refractivity contribution in [2.75, 3.05) is 7.05 Å². The summed E-state index contributed by atoms with van der Waals surface area (Å²) in [5, 5.41) is 0. The Morgan fingerprint density at radius 3 is 2.52 bits per heavy atom. The Morgan fingerprint density at radius 2 is 1.86 bits per heavy atom. The van der Waals surface area contributed by atoms with Crippen LogP contribution in [0.1, 0.15) is 23.2 Å². The van der Waals surface area contributed by atoms with Crippen molar-refractivity contribution in [2.45, 2.75) is 12.0 Å². The highest BCUT2D eigenvalue weighted by Crippen LogP contribution is 2.40. The van der Waals surface area contributed by atoms with Crippen molar-refractivity contribution in [1.82, 2.24) is 14.9 Å². The van der Waals surface area contributed by atoms with Crippen LogP contribution in [-0.2, 0) is 10.3 Å². The van der Waals surface area contributed by atoms with Crippen LogP contribution in [0.15, 0.2) is 72.1 Å². The van der Waals surface area contributed by atoms with Gasteiger partial charge in [-0.2, -0.15) is 0 Å². The third kappa shape index (κ3) is 3.02. The van der Waals surface area contributed by atoms with Crippen LogP contribution in [0.4, 0.5) is 8.78 Å². The molecule has 1 atom stereocenters. The molecule has 0 saturated carbocycles. The predicted molar refractivity (Wildman–Crippen MR) is 104 cm³/mol. The van der Waals surface area contributed by atoms with Crippen LogP contribution >= 0.6 is 0 Å². The van der Waals surface area contributed by atoms with Crippen LogP contribution in [0.25, 0.3) is 11.1 Å². The minimum absolute atomic E-state index is 0.00830. The van der Waals surface area contributed by atoms with Crippen molar-refractivity contribution in [3.8, 4) is 11.1 Å². The summed E-state index contributed by atoms with van der Waals surface area (Å²) in [6.07, 6.45) is 1.91. The second-order valence-corrected chi connectivity index (χ2v) is 6.64. The maximum absolute atomic E-state index is 13.3. The third-order valence-electron chi connectivity index (χ3n) is 4.92. The highest BCUT2D eigenvalue weighted by Gasteiger charge is 2.51. The van der Waals surface area contributed by atoms with Crippen molar-refractivity contribution in [1.29, 1.82) is 0 Å². The van der Waals surface area contributed by atoms with Gasteiger partial charge in [-0.05, 0) is 41.0 Å². The molecule has 146 valence electrons. The first-order valence-corrected chi connectivity index (χ1v) is 8.82. The molecule has 8 heteroatoms. The van der Waals surface area contributed by atoms with Gasteiger partial charge in [0, 0.05) is 31.2 Å². The van der Waals surface area contributed by atoms with E-state index in [9.17, 15) is 13.6 Å². The molecule has 1 aliphatic heterocycles. The number of aromatic nitrogens is 2. The van der Waals surface area contributed by atoms with E-state index in [1.54, 1.807) is 36.7 Å². The fraction of sp³-hybridized carbons (Fsp3) is 0.143. The molecule has 0 spiro atoms. The van der Waals surface area contributed by atoms with Crippen molar-refractivity contribution in [2.24, 2.45) is 10.7 Å². The van der Waals surface area contributed by atoms with Crippen LogP contribution in [0, 0.1) is 0 Å². The fourth-order valence-electron chi connectivity index (χ4n) is 3.38. The average molecular weight is 393 g/mol. The van der Waals surface area contributed by atoms with E-state index in [0.29, 0.717) is 5.56 Å². The minimum atomic E-state index is -2.70. The van der Waals surface area contributed by atoms with Crippen molar-refractivity contribution in [3.05, 3.63) is 83.9 Å². The lowest BCUT2D eigenvalue weighted by atomic mass is 9.84. The van der Waals surface area contributed by atoms with E-state index in [4.69, 9.17) is 5.73 Å². The van der Waals surface area contributed by atoms with E-state index in [1.807, 2.05) is 12.1 Å². The van der Waals surface area contributed by atoms with Crippen LogP contribution in [-0.4, -0.2) is 33.8 Å². The number of pyridine rings is 2. The Balaban J connectivity index is 1.95. The number of alkyl halides is 2. The Morgan fingerprint density at radius 1 is 1.07 bits per heavy atom. The van der Waals surface area contributed by atoms with E-state index >= 15 is 0 Å². The molecular formula is C21H17F2N5O. The van der Waals surface area contributed by atoms with Gasteiger partial charge < -0.3 is 5.73 Å². The van der Waals surface area contributed by atoms with Crippen LogP contribution in [0.2, 0.25) is 0 Å². The van der Waals surface area contributed by atoms with Crippen molar-refractivity contribution in [3.63, 3.8) is 0 Å². The second kappa shape index (κ2) is 7.05. The maximum Gasteiger partial charge on any atom is 0.267 e. The zero-order chi connectivity index (χ0) is 20.6. The zero-order valence-corrected chi connectivity index (χ0v) is 15.5. The summed E-state index contributed by atoms with van der Waals surface area (Å²) in [6, 6.07) is 13.2. The average Bonchev–Trinajstić information content (AvgIpc) is 2.99. The Hall–Kier alpha value is -3.68. The number of guanidine groups is 1. The van der Waals surface area contributed by atoms with Crippen molar-refractivity contribution >= 4 is 11.9 Å². The standard InChI is InChI=1S/C21H17F2N5O/c1-28-19(29)21(27-20(28)24,17-11-14(18(22)23)7-9-26-17)16-6-2-4-13(10-16)15-5-3-8-25-12-15/h2-12,18H,1H3,(H2,24,27). The van der Waals surface area contributed by atoms with Gasteiger partial charge in [0.15, 0.2) is 5.96 Å². The molecule has 3 heterocycles. The number of nitrogens with two attached hydrogens (primary N) is 1. The van der Waals surface area contributed by atoms with Gasteiger partial charge in [-0.1, -0.05) is 24.3 Å². The molecular weight excluding hydrogens is 376 g/mol. The number of benzene rings is 1. The molecule has 2 aromatic heterocycles. The first-order valence-electron chi connectivity index (χ1n) is 8.82. The number of amides is 1. The number of halogens is 2.